The molecule has 1 saturated heterocycles. The highest BCUT2D eigenvalue weighted by Crippen LogP contribution is 2.44. The molecule has 0 radical (unpaired) electrons. The van der Waals surface area contributed by atoms with Crippen LogP contribution in [-0.4, -0.2) is 29.9 Å². The summed E-state index contributed by atoms with van der Waals surface area (Å²) in [6.45, 7) is 6.52. The van der Waals surface area contributed by atoms with Gasteiger partial charge in [-0.25, -0.2) is 0 Å². The van der Waals surface area contributed by atoms with Gasteiger partial charge in [0.05, 0.1) is 16.9 Å². The summed E-state index contributed by atoms with van der Waals surface area (Å²) in [5.41, 5.74) is 1.21. The fourth-order valence-corrected chi connectivity index (χ4v) is 4.03. The highest BCUT2D eigenvalue weighted by Gasteiger charge is 2.32. The molecule has 5 nitrogen and oxygen atoms in total. The van der Waals surface area contributed by atoms with Crippen molar-refractivity contribution in [3.8, 4) is 11.5 Å². The SMILES string of the molecule is CC(C)N1CCC(C(=O)NCc2ccc3c(c2)Oc2cc(C(F)(F)F)ccc2N3)CC1. The minimum Gasteiger partial charge on any atom is -0.453 e. The number of benzene rings is 2. The third-order valence-corrected chi connectivity index (χ3v) is 5.94. The number of ether oxygens (including phenoxy) is 1. The summed E-state index contributed by atoms with van der Waals surface area (Å²) >= 11 is 0. The molecule has 0 aliphatic carbocycles. The lowest BCUT2D eigenvalue weighted by Crippen LogP contribution is -2.42. The van der Waals surface area contributed by atoms with Crippen LogP contribution in [0.3, 0.4) is 0 Å². The topological polar surface area (TPSA) is 53.6 Å². The van der Waals surface area contributed by atoms with Crippen molar-refractivity contribution >= 4 is 17.3 Å². The fourth-order valence-electron chi connectivity index (χ4n) is 4.03. The zero-order valence-electron chi connectivity index (χ0n) is 17.6. The van der Waals surface area contributed by atoms with Gasteiger partial charge in [-0.2, -0.15) is 13.2 Å². The molecule has 0 atom stereocenters. The first-order valence-electron chi connectivity index (χ1n) is 10.5. The van der Waals surface area contributed by atoms with Crippen molar-refractivity contribution in [1.82, 2.24) is 10.2 Å². The third-order valence-electron chi connectivity index (χ3n) is 5.94. The Morgan fingerprint density at radius 1 is 1.13 bits per heavy atom. The number of nitrogens with one attached hydrogen (secondary N) is 2. The molecule has 0 saturated carbocycles. The van der Waals surface area contributed by atoms with Crippen molar-refractivity contribution in [2.24, 2.45) is 5.92 Å². The summed E-state index contributed by atoms with van der Waals surface area (Å²) in [4.78, 5) is 14.9. The number of amides is 1. The molecular weight excluding hydrogens is 407 g/mol. The maximum Gasteiger partial charge on any atom is 0.416 e. The van der Waals surface area contributed by atoms with Crippen LogP contribution in [0.2, 0.25) is 0 Å². The lowest BCUT2D eigenvalue weighted by molar-refractivity contribution is -0.137. The van der Waals surface area contributed by atoms with E-state index in [0.717, 1.165) is 43.6 Å². The Bertz CT molecular complexity index is 967. The molecule has 0 aromatic heterocycles. The minimum atomic E-state index is -4.43. The second-order valence-electron chi connectivity index (χ2n) is 8.39. The molecule has 0 spiro atoms. The Hall–Kier alpha value is -2.74. The summed E-state index contributed by atoms with van der Waals surface area (Å²) in [5.74, 6) is 0.614. The van der Waals surface area contributed by atoms with Crippen LogP contribution in [0.5, 0.6) is 11.5 Å². The van der Waals surface area contributed by atoms with Gasteiger partial charge in [0.1, 0.15) is 0 Å². The van der Waals surface area contributed by atoms with Gasteiger partial charge in [-0.3, -0.25) is 4.79 Å². The first kappa shape index (κ1) is 21.5. The molecule has 31 heavy (non-hydrogen) atoms. The number of anilines is 2. The smallest absolute Gasteiger partial charge is 0.416 e. The van der Waals surface area contributed by atoms with E-state index in [1.165, 1.54) is 6.07 Å². The molecule has 2 aromatic carbocycles. The summed E-state index contributed by atoms with van der Waals surface area (Å²) in [7, 11) is 0. The van der Waals surface area contributed by atoms with Gasteiger partial charge in [-0.15, -0.1) is 0 Å². The fraction of sp³-hybridized carbons (Fsp3) is 0.435. The third kappa shape index (κ3) is 4.79. The van der Waals surface area contributed by atoms with Crippen LogP contribution in [-0.2, 0) is 17.5 Å². The number of halogens is 3. The van der Waals surface area contributed by atoms with Crippen LogP contribution in [0.15, 0.2) is 36.4 Å². The van der Waals surface area contributed by atoms with Crippen molar-refractivity contribution in [2.45, 2.75) is 45.5 Å². The number of hydrogen-bond acceptors (Lipinski definition) is 4. The number of fused-ring (bicyclic) bond motifs is 2. The molecule has 2 aliphatic heterocycles. The van der Waals surface area contributed by atoms with Gasteiger partial charge in [0, 0.05) is 18.5 Å². The molecule has 166 valence electrons. The molecule has 0 unspecified atom stereocenters. The molecule has 2 aromatic rings. The Kier molecular flexibility index (Phi) is 5.83. The molecule has 0 bridgehead atoms. The second-order valence-corrected chi connectivity index (χ2v) is 8.39. The lowest BCUT2D eigenvalue weighted by atomic mass is 9.95. The average Bonchev–Trinajstić information content (AvgIpc) is 2.74. The predicted octanol–water partition coefficient (Wildman–Crippen LogP) is 5.29. The highest BCUT2D eigenvalue weighted by atomic mass is 19.4. The predicted molar refractivity (Wildman–Crippen MR) is 113 cm³/mol. The van der Waals surface area contributed by atoms with Crippen LogP contribution in [0.1, 0.15) is 37.8 Å². The summed E-state index contributed by atoms with van der Waals surface area (Å²) in [5, 5.41) is 6.08. The van der Waals surface area contributed by atoms with Crippen LogP contribution in [0.4, 0.5) is 24.5 Å². The van der Waals surface area contributed by atoms with Crippen molar-refractivity contribution in [3.63, 3.8) is 0 Å². The highest BCUT2D eigenvalue weighted by molar-refractivity contribution is 5.79. The van der Waals surface area contributed by atoms with Gasteiger partial charge < -0.3 is 20.3 Å². The number of hydrogen-bond donors (Lipinski definition) is 2. The van der Waals surface area contributed by atoms with Crippen molar-refractivity contribution < 1.29 is 22.7 Å². The number of rotatable bonds is 4. The quantitative estimate of drug-likeness (QED) is 0.587. The molecule has 1 amide bonds. The van der Waals surface area contributed by atoms with E-state index >= 15 is 0 Å². The normalized spacial score (nSPS) is 16.8. The monoisotopic (exact) mass is 433 g/mol. The Labute approximate surface area is 179 Å². The summed E-state index contributed by atoms with van der Waals surface area (Å²) < 4.78 is 44.7. The van der Waals surface area contributed by atoms with Crippen molar-refractivity contribution in [3.05, 3.63) is 47.5 Å². The average molecular weight is 433 g/mol. The molecular formula is C23H26F3N3O2. The largest absolute Gasteiger partial charge is 0.453 e. The Morgan fingerprint density at radius 3 is 2.42 bits per heavy atom. The van der Waals surface area contributed by atoms with Crippen molar-refractivity contribution in [1.29, 1.82) is 0 Å². The van der Waals surface area contributed by atoms with E-state index in [1.807, 2.05) is 6.07 Å². The van der Waals surface area contributed by atoms with Gasteiger partial charge in [-0.1, -0.05) is 6.07 Å². The summed E-state index contributed by atoms with van der Waals surface area (Å²) in [6, 6.07) is 9.28. The summed E-state index contributed by atoms with van der Waals surface area (Å²) in [6.07, 6.45) is -2.74. The number of alkyl halides is 3. The van der Waals surface area contributed by atoms with E-state index in [0.29, 0.717) is 29.7 Å². The first-order valence-corrected chi connectivity index (χ1v) is 10.5. The Balaban J connectivity index is 1.38. The van der Waals surface area contributed by atoms with E-state index in [4.69, 9.17) is 4.74 Å². The lowest BCUT2D eigenvalue weighted by Gasteiger charge is -2.34. The van der Waals surface area contributed by atoms with Gasteiger partial charge in [0.2, 0.25) is 5.91 Å². The first-order chi connectivity index (χ1) is 14.7. The van der Waals surface area contributed by atoms with Gasteiger partial charge >= 0.3 is 6.18 Å². The van der Waals surface area contributed by atoms with Crippen LogP contribution in [0, 0.1) is 5.92 Å². The minimum absolute atomic E-state index is 0.0122. The molecule has 8 heteroatoms. The molecule has 2 heterocycles. The number of carbonyl (C=O) groups excluding carboxylic acids is 1. The maximum absolute atomic E-state index is 13.0. The van der Waals surface area contributed by atoms with E-state index in [1.54, 1.807) is 12.1 Å². The standard InChI is InChI=1S/C23H26F3N3O2/c1-14(2)29-9-7-16(8-10-29)22(30)27-13-15-3-5-18-20(11-15)31-21-12-17(23(24,25)26)4-6-19(21)28-18/h3-6,11-12,14,16,28H,7-10,13H2,1-2H3,(H,27,30). The molecule has 1 fully saturated rings. The number of likely N-dealkylation sites (tertiary alicyclic amines) is 1. The van der Waals surface area contributed by atoms with Gasteiger partial charge in [0.25, 0.3) is 0 Å². The van der Waals surface area contributed by atoms with Gasteiger partial charge in [0.15, 0.2) is 11.5 Å². The maximum atomic E-state index is 13.0. The van der Waals surface area contributed by atoms with Crippen LogP contribution in [0.25, 0.3) is 0 Å². The number of carbonyl (C=O) groups is 1. The van der Waals surface area contributed by atoms with E-state index in [9.17, 15) is 18.0 Å². The van der Waals surface area contributed by atoms with Gasteiger partial charge in [-0.05, 0) is 75.7 Å². The zero-order valence-corrected chi connectivity index (χ0v) is 17.6. The zero-order chi connectivity index (χ0) is 22.2. The second kappa shape index (κ2) is 8.42. The van der Waals surface area contributed by atoms with Crippen LogP contribution >= 0.6 is 0 Å². The van der Waals surface area contributed by atoms with E-state index < -0.39 is 11.7 Å². The molecule has 4 rings (SSSR count). The van der Waals surface area contributed by atoms with E-state index in [2.05, 4.69) is 29.4 Å². The molecule has 2 aliphatic rings. The van der Waals surface area contributed by atoms with Crippen LogP contribution < -0.4 is 15.4 Å². The van der Waals surface area contributed by atoms with E-state index in [-0.39, 0.29) is 17.6 Å². The Morgan fingerprint density at radius 2 is 1.77 bits per heavy atom. The number of piperidine rings is 1. The molecule has 2 N–H and O–H groups in total. The van der Waals surface area contributed by atoms with Crippen molar-refractivity contribution in [2.75, 3.05) is 18.4 Å². The number of nitrogens with zero attached hydrogens (tertiary/aromatic N) is 1.